The van der Waals surface area contributed by atoms with Gasteiger partial charge in [-0.15, -0.1) is 11.8 Å². The molecule has 2 fully saturated rings. The van der Waals surface area contributed by atoms with Crippen molar-refractivity contribution < 1.29 is 14.6 Å². The van der Waals surface area contributed by atoms with Gasteiger partial charge < -0.3 is 24.9 Å². The number of hydrogen-bond acceptors (Lipinski definition) is 7. The first kappa shape index (κ1) is 24.7. The highest BCUT2D eigenvalue weighted by Crippen LogP contribution is 2.30. The molecule has 1 aliphatic carbocycles. The summed E-state index contributed by atoms with van der Waals surface area (Å²) >= 11 is 1.81. The van der Waals surface area contributed by atoms with Crippen molar-refractivity contribution in [3.8, 4) is 0 Å². The molecule has 0 aromatic carbocycles. The van der Waals surface area contributed by atoms with Crippen LogP contribution in [-0.4, -0.2) is 61.1 Å². The molecule has 1 atom stereocenters. The van der Waals surface area contributed by atoms with Crippen LogP contribution in [0.25, 0.3) is 5.70 Å². The van der Waals surface area contributed by atoms with Gasteiger partial charge in [0.25, 0.3) is 0 Å². The molecular formula is C23H37N3O3S. The summed E-state index contributed by atoms with van der Waals surface area (Å²) in [5, 5.41) is 11.7. The highest BCUT2D eigenvalue weighted by molar-refractivity contribution is 7.99. The maximum atomic E-state index is 10.5. The van der Waals surface area contributed by atoms with Crippen LogP contribution in [0, 0.1) is 0 Å². The van der Waals surface area contributed by atoms with E-state index in [2.05, 4.69) is 35.9 Å². The maximum Gasteiger partial charge on any atom is 0.145 e. The second-order valence-corrected chi connectivity index (χ2v) is 8.77. The molecule has 0 bridgehead atoms. The van der Waals surface area contributed by atoms with Crippen molar-refractivity contribution in [3.05, 3.63) is 24.3 Å². The van der Waals surface area contributed by atoms with Crippen molar-refractivity contribution in [1.29, 1.82) is 0 Å². The van der Waals surface area contributed by atoms with E-state index in [4.69, 9.17) is 14.8 Å². The number of rotatable bonds is 10. The summed E-state index contributed by atoms with van der Waals surface area (Å²) in [6, 6.07) is 4.80. The lowest BCUT2D eigenvalue weighted by Crippen LogP contribution is -2.29. The van der Waals surface area contributed by atoms with E-state index in [1.54, 1.807) is 0 Å². The number of hydrogen-bond donors (Lipinski definition) is 2. The molecule has 0 spiro atoms. The van der Waals surface area contributed by atoms with E-state index < -0.39 is 0 Å². The molecule has 1 saturated carbocycles. The molecule has 2 N–H and O–H groups in total. The minimum Gasteiger partial charge on any atom is -0.400 e. The number of ether oxygens (including phenoxy) is 1. The summed E-state index contributed by atoms with van der Waals surface area (Å²) in [4.78, 5) is 17.8. The van der Waals surface area contributed by atoms with Gasteiger partial charge in [0.15, 0.2) is 0 Å². The zero-order valence-corrected chi connectivity index (χ0v) is 19.3. The lowest BCUT2D eigenvalue weighted by atomic mass is 9.95. The Hall–Kier alpha value is -1.57. The second kappa shape index (κ2) is 13.7. The maximum absolute atomic E-state index is 10.5. The van der Waals surface area contributed by atoms with Gasteiger partial charge in [0.2, 0.25) is 0 Å². The van der Waals surface area contributed by atoms with Gasteiger partial charge in [-0.2, -0.15) is 0 Å². The van der Waals surface area contributed by atoms with Crippen LogP contribution in [-0.2, 0) is 9.53 Å². The predicted molar refractivity (Wildman–Crippen MR) is 125 cm³/mol. The van der Waals surface area contributed by atoms with Crippen molar-refractivity contribution in [1.82, 2.24) is 10.3 Å². The van der Waals surface area contributed by atoms with Crippen molar-refractivity contribution in [3.63, 3.8) is 0 Å². The molecule has 7 heteroatoms. The van der Waals surface area contributed by atoms with E-state index in [9.17, 15) is 4.79 Å². The summed E-state index contributed by atoms with van der Waals surface area (Å²) in [6.45, 7) is 8.40. The van der Waals surface area contributed by atoms with Crippen molar-refractivity contribution in [2.45, 2.75) is 69.0 Å². The zero-order valence-electron chi connectivity index (χ0n) is 18.4. The van der Waals surface area contributed by atoms with Gasteiger partial charge in [0.05, 0.1) is 6.10 Å². The third kappa shape index (κ3) is 7.29. The number of aliphatic hydroxyl groups is 1. The third-order valence-corrected chi connectivity index (χ3v) is 6.66. The molecule has 1 aliphatic heterocycles. The standard InChI is InChI=1S/C22H33N3O2S.CH4O/c1-3-15-28-22-20(17(2)23-18-7-5-4-6-8-18)9-10-21(24-22)25-12-11-19(16-25)27-14-13-26;1-2/h9-10,13,18-19,23H,2-8,11-12,14-16H2,1H3;2H,1H3. The van der Waals surface area contributed by atoms with Crippen LogP contribution in [0.4, 0.5) is 5.82 Å². The van der Waals surface area contributed by atoms with Gasteiger partial charge in [-0.1, -0.05) is 32.8 Å². The Morgan fingerprint density at radius 1 is 1.33 bits per heavy atom. The van der Waals surface area contributed by atoms with Crippen LogP contribution in [0.5, 0.6) is 0 Å². The number of aldehydes is 1. The highest BCUT2D eigenvalue weighted by Gasteiger charge is 2.25. The van der Waals surface area contributed by atoms with Crippen LogP contribution in [0.3, 0.4) is 0 Å². The Bertz CT molecular complexity index is 665. The number of aromatic nitrogens is 1. The molecule has 2 heterocycles. The molecule has 6 nitrogen and oxygen atoms in total. The topological polar surface area (TPSA) is 74.7 Å². The van der Waals surface area contributed by atoms with E-state index in [1.807, 2.05) is 11.8 Å². The molecule has 1 unspecified atom stereocenters. The van der Waals surface area contributed by atoms with Crippen molar-refractivity contribution in [2.75, 3.05) is 37.5 Å². The number of carbonyl (C=O) groups is 1. The van der Waals surface area contributed by atoms with E-state index in [-0.39, 0.29) is 12.7 Å². The monoisotopic (exact) mass is 435 g/mol. The van der Waals surface area contributed by atoms with Crippen LogP contribution in [0.15, 0.2) is 23.7 Å². The number of anilines is 1. The summed E-state index contributed by atoms with van der Waals surface area (Å²) < 4.78 is 5.58. The van der Waals surface area contributed by atoms with E-state index in [0.29, 0.717) is 6.04 Å². The number of pyridine rings is 1. The number of nitrogens with zero attached hydrogens (tertiary/aromatic N) is 2. The lowest BCUT2D eigenvalue weighted by Gasteiger charge is -2.26. The Kier molecular flexibility index (Phi) is 11.3. The quantitative estimate of drug-likeness (QED) is 0.427. The Balaban J connectivity index is 0.00000155. The average Bonchev–Trinajstić information content (AvgIpc) is 3.27. The normalized spacial score (nSPS) is 19.2. The smallest absolute Gasteiger partial charge is 0.145 e. The highest BCUT2D eigenvalue weighted by atomic mass is 32.2. The molecular weight excluding hydrogens is 398 g/mol. The molecule has 3 rings (SSSR count). The zero-order chi connectivity index (χ0) is 21.8. The molecule has 168 valence electrons. The van der Waals surface area contributed by atoms with Gasteiger partial charge >= 0.3 is 0 Å². The summed E-state index contributed by atoms with van der Waals surface area (Å²) in [6.07, 6.45) is 9.42. The number of aliphatic hydroxyl groups excluding tert-OH is 1. The molecule has 0 radical (unpaired) electrons. The Morgan fingerprint density at radius 3 is 2.80 bits per heavy atom. The molecule has 30 heavy (non-hydrogen) atoms. The summed E-state index contributed by atoms with van der Waals surface area (Å²) in [7, 11) is 1.00. The fourth-order valence-electron chi connectivity index (χ4n) is 3.96. The summed E-state index contributed by atoms with van der Waals surface area (Å²) in [5.74, 6) is 2.04. The van der Waals surface area contributed by atoms with Gasteiger partial charge in [-0.3, -0.25) is 0 Å². The molecule has 1 aromatic heterocycles. The van der Waals surface area contributed by atoms with Crippen molar-refractivity contribution in [2.24, 2.45) is 0 Å². The number of nitrogens with one attached hydrogen (secondary N) is 1. The van der Waals surface area contributed by atoms with Gasteiger partial charge in [0, 0.05) is 37.5 Å². The first-order valence-corrected chi connectivity index (χ1v) is 12.0. The average molecular weight is 436 g/mol. The first-order valence-electron chi connectivity index (χ1n) is 11.1. The minimum atomic E-state index is 0.112. The third-order valence-electron chi connectivity index (χ3n) is 5.47. The minimum absolute atomic E-state index is 0.112. The lowest BCUT2D eigenvalue weighted by molar-refractivity contribution is -0.113. The molecule has 1 saturated heterocycles. The van der Waals surface area contributed by atoms with Crippen LogP contribution < -0.4 is 10.2 Å². The molecule has 2 aliphatic rings. The number of thioether (sulfide) groups is 1. The van der Waals surface area contributed by atoms with Crippen LogP contribution in [0.1, 0.15) is 57.4 Å². The fourth-order valence-corrected chi connectivity index (χ4v) is 4.87. The van der Waals surface area contributed by atoms with Crippen molar-refractivity contribution >= 4 is 29.6 Å². The van der Waals surface area contributed by atoms with E-state index in [0.717, 1.165) is 67.2 Å². The van der Waals surface area contributed by atoms with Gasteiger partial charge in [-0.05, 0) is 43.6 Å². The molecule has 1 aromatic rings. The van der Waals surface area contributed by atoms with Gasteiger partial charge in [0.1, 0.15) is 23.7 Å². The van der Waals surface area contributed by atoms with E-state index in [1.165, 1.54) is 32.1 Å². The van der Waals surface area contributed by atoms with Crippen LogP contribution in [0.2, 0.25) is 0 Å². The van der Waals surface area contributed by atoms with Crippen LogP contribution >= 0.6 is 11.8 Å². The van der Waals surface area contributed by atoms with E-state index >= 15 is 0 Å². The molecule has 0 amide bonds. The SMILES string of the molecule is C=C(NC1CCCCC1)c1ccc(N2CCC(OCC=O)C2)nc1SCCC.CO. The van der Waals surface area contributed by atoms with Gasteiger partial charge in [-0.25, -0.2) is 4.98 Å². The number of carbonyl (C=O) groups excluding carboxylic acids is 1. The Labute approximate surface area is 185 Å². The largest absolute Gasteiger partial charge is 0.400 e. The Morgan fingerprint density at radius 2 is 2.10 bits per heavy atom. The second-order valence-electron chi connectivity index (χ2n) is 7.69. The predicted octanol–water partition coefficient (Wildman–Crippen LogP) is 3.88. The first-order chi connectivity index (χ1) is 14.7. The summed E-state index contributed by atoms with van der Waals surface area (Å²) in [5.41, 5.74) is 2.12. The fraction of sp³-hybridized carbons (Fsp3) is 0.652.